The van der Waals surface area contributed by atoms with E-state index in [1.54, 1.807) is 24.3 Å². The summed E-state index contributed by atoms with van der Waals surface area (Å²) in [5.41, 5.74) is 6.04. The number of nitro groups is 1. The highest BCUT2D eigenvalue weighted by Crippen LogP contribution is 2.33. The van der Waals surface area contributed by atoms with Gasteiger partial charge in [-0.1, -0.05) is 36.4 Å². The average Bonchev–Trinajstić information content (AvgIpc) is 2.35. The predicted octanol–water partition coefficient (Wildman–Crippen LogP) is 1.94. The first-order valence-corrected chi connectivity index (χ1v) is 5.32. The molecule has 18 heavy (non-hydrogen) atoms. The van der Waals surface area contributed by atoms with Gasteiger partial charge in [-0.15, -0.1) is 0 Å². The van der Waals surface area contributed by atoms with Gasteiger partial charge in [0.25, 0.3) is 5.78 Å². The summed E-state index contributed by atoms with van der Waals surface area (Å²) >= 11 is 0. The van der Waals surface area contributed by atoms with E-state index in [9.17, 15) is 14.9 Å². The molecule has 1 aliphatic rings. The van der Waals surface area contributed by atoms with Crippen molar-refractivity contribution in [3.63, 3.8) is 0 Å². The van der Waals surface area contributed by atoms with Gasteiger partial charge in [-0.2, -0.15) is 0 Å². The van der Waals surface area contributed by atoms with E-state index in [1.807, 2.05) is 12.1 Å². The molecule has 0 aliphatic heterocycles. The van der Waals surface area contributed by atoms with Crippen LogP contribution in [0, 0.1) is 10.1 Å². The zero-order valence-electron chi connectivity index (χ0n) is 9.21. The fourth-order valence-electron chi connectivity index (χ4n) is 2.31. The molecule has 0 amide bonds. The van der Waals surface area contributed by atoms with Crippen LogP contribution in [0.3, 0.4) is 0 Å². The van der Waals surface area contributed by atoms with Gasteiger partial charge in [0.2, 0.25) is 0 Å². The van der Waals surface area contributed by atoms with Crippen LogP contribution in [0.1, 0.15) is 15.9 Å². The standard InChI is InChI=1S/C13H8N2O3/c14-11-8-5-1-3-7-4-2-6-9(10(7)8)13(16)12(11)15(17)18/h1-6H,14H2. The molecule has 0 unspecified atom stereocenters. The van der Waals surface area contributed by atoms with Gasteiger partial charge in [0.05, 0.1) is 4.92 Å². The normalized spacial score (nSPS) is 14.1. The van der Waals surface area contributed by atoms with E-state index >= 15 is 0 Å². The van der Waals surface area contributed by atoms with Crippen molar-refractivity contribution in [1.82, 2.24) is 0 Å². The predicted molar refractivity (Wildman–Crippen MR) is 66.4 cm³/mol. The van der Waals surface area contributed by atoms with Crippen molar-refractivity contribution in [2.45, 2.75) is 0 Å². The molecule has 0 atom stereocenters. The van der Waals surface area contributed by atoms with E-state index in [0.29, 0.717) is 16.5 Å². The van der Waals surface area contributed by atoms with Gasteiger partial charge in [0.1, 0.15) is 5.70 Å². The lowest BCUT2D eigenvalue weighted by Gasteiger charge is -2.15. The Bertz CT molecular complexity index is 742. The molecule has 0 bridgehead atoms. The maximum Gasteiger partial charge on any atom is 0.340 e. The molecule has 0 heterocycles. The van der Waals surface area contributed by atoms with Crippen molar-refractivity contribution >= 4 is 22.3 Å². The first kappa shape index (κ1) is 10.5. The van der Waals surface area contributed by atoms with Gasteiger partial charge < -0.3 is 5.73 Å². The number of carbonyl (C=O) groups is 1. The van der Waals surface area contributed by atoms with Crippen molar-refractivity contribution in [3.8, 4) is 0 Å². The Labute approximate surface area is 102 Å². The number of benzene rings is 2. The monoisotopic (exact) mass is 240 g/mol. The summed E-state index contributed by atoms with van der Waals surface area (Å²) in [5.74, 6) is -0.623. The molecule has 88 valence electrons. The van der Waals surface area contributed by atoms with Gasteiger partial charge in [-0.25, -0.2) is 0 Å². The van der Waals surface area contributed by atoms with Crippen molar-refractivity contribution in [1.29, 1.82) is 0 Å². The molecule has 5 heteroatoms. The Morgan fingerprint density at radius 3 is 2.28 bits per heavy atom. The number of hydrogen-bond donors (Lipinski definition) is 1. The van der Waals surface area contributed by atoms with E-state index in [0.717, 1.165) is 5.39 Å². The van der Waals surface area contributed by atoms with Crippen LogP contribution in [0.2, 0.25) is 0 Å². The highest BCUT2D eigenvalue weighted by Gasteiger charge is 2.34. The van der Waals surface area contributed by atoms with Gasteiger partial charge in [-0.3, -0.25) is 14.9 Å². The highest BCUT2D eigenvalue weighted by atomic mass is 16.6. The van der Waals surface area contributed by atoms with E-state index < -0.39 is 16.4 Å². The Morgan fingerprint density at radius 1 is 1.06 bits per heavy atom. The summed E-state index contributed by atoms with van der Waals surface area (Å²) in [6.45, 7) is 0. The van der Waals surface area contributed by atoms with Crippen LogP contribution in [0.25, 0.3) is 16.5 Å². The summed E-state index contributed by atoms with van der Waals surface area (Å²) < 4.78 is 0. The van der Waals surface area contributed by atoms with Crippen molar-refractivity contribution in [2.24, 2.45) is 5.73 Å². The van der Waals surface area contributed by atoms with Crippen LogP contribution in [-0.4, -0.2) is 10.7 Å². The summed E-state index contributed by atoms with van der Waals surface area (Å²) in [4.78, 5) is 22.3. The first-order chi connectivity index (χ1) is 8.61. The van der Waals surface area contributed by atoms with E-state index in [2.05, 4.69) is 0 Å². The summed E-state index contributed by atoms with van der Waals surface area (Å²) in [6.07, 6.45) is 0. The lowest BCUT2D eigenvalue weighted by atomic mass is 9.89. The quantitative estimate of drug-likeness (QED) is 0.609. The number of carbonyl (C=O) groups excluding carboxylic acids is 1. The van der Waals surface area contributed by atoms with E-state index in [4.69, 9.17) is 5.73 Å². The topological polar surface area (TPSA) is 86.2 Å². The molecule has 1 aliphatic carbocycles. The molecule has 2 aromatic rings. The maximum absolute atomic E-state index is 12.1. The van der Waals surface area contributed by atoms with E-state index in [-0.39, 0.29) is 5.70 Å². The van der Waals surface area contributed by atoms with Crippen LogP contribution in [0.15, 0.2) is 42.1 Å². The van der Waals surface area contributed by atoms with Gasteiger partial charge in [-0.05, 0) is 5.39 Å². The zero-order valence-corrected chi connectivity index (χ0v) is 9.21. The third-order valence-corrected chi connectivity index (χ3v) is 3.09. The minimum absolute atomic E-state index is 0.0608. The van der Waals surface area contributed by atoms with Crippen LogP contribution < -0.4 is 5.73 Å². The van der Waals surface area contributed by atoms with Gasteiger partial charge in [0, 0.05) is 16.5 Å². The lowest BCUT2D eigenvalue weighted by molar-refractivity contribution is -0.415. The van der Waals surface area contributed by atoms with Crippen LogP contribution in [-0.2, 0) is 0 Å². The minimum Gasteiger partial charge on any atom is -0.393 e. The lowest BCUT2D eigenvalue weighted by Crippen LogP contribution is -2.21. The molecule has 0 spiro atoms. The van der Waals surface area contributed by atoms with Crippen LogP contribution in [0.4, 0.5) is 0 Å². The maximum atomic E-state index is 12.1. The largest absolute Gasteiger partial charge is 0.393 e. The molecular weight excluding hydrogens is 232 g/mol. The second kappa shape index (κ2) is 3.40. The molecule has 0 fully saturated rings. The summed E-state index contributed by atoms with van der Waals surface area (Å²) in [5, 5.41) is 12.5. The van der Waals surface area contributed by atoms with Gasteiger partial charge >= 0.3 is 5.70 Å². The van der Waals surface area contributed by atoms with Crippen molar-refractivity contribution in [2.75, 3.05) is 0 Å². The number of Topliss-reactive ketones (excluding diaryl/α,β-unsaturated/α-hetero) is 1. The van der Waals surface area contributed by atoms with Gasteiger partial charge in [0.15, 0.2) is 0 Å². The molecule has 3 rings (SSSR count). The fourth-order valence-corrected chi connectivity index (χ4v) is 2.31. The van der Waals surface area contributed by atoms with Crippen molar-refractivity contribution in [3.05, 3.63) is 63.3 Å². The average molecular weight is 240 g/mol. The minimum atomic E-state index is -0.716. The summed E-state index contributed by atoms with van der Waals surface area (Å²) in [6, 6.07) is 10.4. The number of ketones is 1. The Balaban J connectivity index is 2.51. The number of allylic oxidation sites excluding steroid dienone is 1. The molecule has 2 aromatic carbocycles. The molecular formula is C13H8N2O3. The van der Waals surface area contributed by atoms with Crippen molar-refractivity contribution < 1.29 is 9.72 Å². The molecule has 0 saturated heterocycles. The molecule has 0 aromatic heterocycles. The fraction of sp³-hybridized carbons (Fsp3) is 0. The molecule has 5 nitrogen and oxygen atoms in total. The molecule has 0 saturated carbocycles. The number of rotatable bonds is 1. The second-order valence-corrected chi connectivity index (χ2v) is 4.06. The smallest absolute Gasteiger partial charge is 0.340 e. The Morgan fingerprint density at radius 2 is 1.67 bits per heavy atom. The third-order valence-electron chi connectivity index (χ3n) is 3.09. The number of nitrogens with zero attached hydrogens (tertiary/aromatic N) is 1. The SMILES string of the molecule is NC1=C([N+](=O)[O-])C(=O)c2cccc3cccc1c23. The number of hydrogen-bond acceptors (Lipinski definition) is 4. The van der Waals surface area contributed by atoms with Crippen LogP contribution in [0.5, 0.6) is 0 Å². The zero-order chi connectivity index (χ0) is 12.9. The van der Waals surface area contributed by atoms with E-state index in [1.165, 1.54) is 0 Å². The second-order valence-electron chi connectivity index (χ2n) is 4.06. The Kier molecular flexibility index (Phi) is 1.98. The number of nitrogens with two attached hydrogens (primary N) is 1. The molecule has 0 radical (unpaired) electrons. The van der Waals surface area contributed by atoms with Crippen LogP contribution >= 0.6 is 0 Å². The first-order valence-electron chi connectivity index (χ1n) is 5.32. The Hall–Kier alpha value is -2.69. The summed E-state index contributed by atoms with van der Waals surface area (Å²) in [7, 11) is 0. The third kappa shape index (κ3) is 1.18. The highest BCUT2D eigenvalue weighted by molar-refractivity contribution is 6.23. The molecule has 2 N–H and O–H groups in total.